The van der Waals surface area contributed by atoms with Crippen molar-refractivity contribution in [3.8, 4) is 0 Å². The Morgan fingerprint density at radius 1 is 1.35 bits per heavy atom. The molecule has 0 aliphatic rings. The number of aliphatic hydroxyl groups excluding tert-OH is 1. The molecule has 1 N–H and O–H groups in total. The fourth-order valence-corrected chi connectivity index (χ4v) is 2.12. The number of pyridine rings is 1. The first kappa shape index (κ1) is 12.1. The normalized spacial score (nSPS) is 12.4. The first-order chi connectivity index (χ1) is 8.16. The standard InChI is InChI=1S/C14H14ClNO/c1-10-4-5-12(13(15)7-10)14(17)8-11-3-2-6-16-9-11/h2-7,9,14,17H,8H2,1H3. The highest BCUT2D eigenvalue weighted by Crippen LogP contribution is 2.26. The molecule has 1 atom stereocenters. The summed E-state index contributed by atoms with van der Waals surface area (Å²) in [6.45, 7) is 1.98. The number of aryl methyl sites for hydroxylation is 1. The van der Waals surface area contributed by atoms with Gasteiger partial charge in [0.2, 0.25) is 0 Å². The molecule has 2 rings (SSSR count). The average molecular weight is 248 g/mol. The van der Waals surface area contributed by atoms with Crippen molar-refractivity contribution in [3.05, 3.63) is 64.4 Å². The summed E-state index contributed by atoms with van der Waals surface area (Å²) in [5.41, 5.74) is 2.85. The quantitative estimate of drug-likeness (QED) is 0.903. The fraction of sp³-hybridized carbons (Fsp3) is 0.214. The minimum Gasteiger partial charge on any atom is -0.388 e. The lowest BCUT2D eigenvalue weighted by Crippen LogP contribution is -2.03. The molecular weight excluding hydrogens is 234 g/mol. The van der Waals surface area contributed by atoms with Gasteiger partial charge in [-0.2, -0.15) is 0 Å². The summed E-state index contributed by atoms with van der Waals surface area (Å²) in [5.74, 6) is 0. The highest BCUT2D eigenvalue weighted by atomic mass is 35.5. The van der Waals surface area contributed by atoms with Gasteiger partial charge in [-0.25, -0.2) is 0 Å². The van der Waals surface area contributed by atoms with Crippen molar-refractivity contribution >= 4 is 11.6 Å². The second-order valence-corrected chi connectivity index (χ2v) is 4.51. The molecule has 0 spiro atoms. The van der Waals surface area contributed by atoms with Crippen LogP contribution in [0.1, 0.15) is 22.8 Å². The minimum absolute atomic E-state index is 0.524. The zero-order valence-corrected chi connectivity index (χ0v) is 10.4. The van der Waals surface area contributed by atoms with Crippen molar-refractivity contribution in [2.24, 2.45) is 0 Å². The molecule has 2 aromatic rings. The van der Waals surface area contributed by atoms with E-state index in [-0.39, 0.29) is 0 Å². The molecule has 3 heteroatoms. The van der Waals surface area contributed by atoms with E-state index in [9.17, 15) is 5.11 Å². The van der Waals surface area contributed by atoms with Crippen LogP contribution in [0.5, 0.6) is 0 Å². The molecule has 1 aromatic heterocycles. The van der Waals surface area contributed by atoms with Crippen LogP contribution in [-0.4, -0.2) is 10.1 Å². The van der Waals surface area contributed by atoms with E-state index in [0.29, 0.717) is 11.4 Å². The third-order valence-electron chi connectivity index (χ3n) is 2.67. The summed E-state index contributed by atoms with van der Waals surface area (Å²) in [5, 5.41) is 10.7. The number of aromatic nitrogens is 1. The van der Waals surface area contributed by atoms with Crippen LogP contribution in [0.4, 0.5) is 0 Å². The largest absolute Gasteiger partial charge is 0.388 e. The van der Waals surface area contributed by atoms with Crippen LogP contribution in [0.2, 0.25) is 5.02 Å². The van der Waals surface area contributed by atoms with Crippen molar-refractivity contribution in [1.29, 1.82) is 0 Å². The highest BCUT2D eigenvalue weighted by molar-refractivity contribution is 6.31. The van der Waals surface area contributed by atoms with Crippen LogP contribution in [0.15, 0.2) is 42.7 Å². The smallest absolute Gasteiger partial charge is 0.0845 e. The third-order valence-corrected chi connectivity index (χ3v) is 2.99. The zero-order valence-electron chi connectivity index (χ0n) is 9.60. The summed E-state index contributed by atoms with van der Waals surface area (Å²) in [4.78, 5) is 4.02. The first-order valence-corrected chi connectivity index (χ1v) is 5.87. The Balaban J connectivity index is 2.17. The van der Waals surface area contributed by atoms with E-state index in [1.807, 2.05) is 37.3 Å². The summed E-state index contributed by atoms with van der Waals surface area (Å²) < 4.78 is 0. The molecule has 0 saturated heterocycles. The SMILES string of the molecule is Cc1ccc(C(O)Cc2cccnc2)c(Cl)c1. The topological polar surface area (TPSA) is 33.1 Å². The van der Waals surface area contributed by atoms with E-state index in [4.69, 9.17) is 11.6 Å². The predicted molar refractivity (Wildman–Crippen MR) is 69.1 cm³/mol. The Bertz CT molecular complexity index is 499. The first-order valence-electron chi connectivity index (χ1n) is 5.50. The van der Waals surface area contributed by atoms with Gasteiger partial charge in [0.15, 0.2) is 0 Å². The molecule has 0 bridgehead atoms. The molecule has 0 aliphatic heterocycles. The van der Waals surface area contributed by atoms with Crippen molar-refractivity contribution < 1.29 is 5.11 Å². The summed E-state index contributed by atoms with van der Waals surface area (Å²) in [6, 6.07) is 9.49. The highest BCUT2D eigenvalue weighted by Gasteiger charge is 2.12. The van der Waals surface area contributed by atoms with Crippen LogP contribution in [0, 0.1) is 6.92 Å². The molecule has 0 aliphatic carbocycles. The van der Waals surface area contributed by atoms with Gasteiger partial charge in [0, 0.05) is 23.8 Å². The van der Waals surface area contributed by atoms with Gasteiger partial charge in [0.25, 0.3) is 0 Å². The van der Waals surface area contributed by atoms with Gasteiger partial charge >= 0.3 is 0 Å². The lowest BCUT2D eigenvalue weighted by molar-refractivity contribution is 0.178. The fourth-order valence-electron chi connectivity index (χ4n) is 1.75. The molecular formula is C14H14ClNO. The van der Waals surface area contributed by atoms with Gasteiger partial charge in [-0.15, -0.1) is 0 Å². The third kappa shape index (κ3) is 3.05. The van der Waals surface area contributed by atoms with Gasteiger partial charge in [-0.1, -0.05) is 29.8 Å². The monoisotopic (exact) mass is 247 g/mol. The summed E-state index contributed by atoms with van der Waals surface area (Å²) in [7, 11) is 0. The van der Waals surface area contributed by atoms with Crippen LogP contribution < -0.4 is 0 Å². The molecule has 17 heavy (non-hydrogen) atoms. The number of hydrogen-bond acceptors (Lipinski definition) is 2. The molecule has 0 radical (unpaired) electrons. The Labute approximate surface area is 106 Å². The lowest BCUT2D eigenvalue weighted by Gasteiger charge is -2.13. The number of halogens is 1. The van der Waals surface area contributed by atoms with Crippen LogP contribution in [-0.2, 0) is 6.42 Å². The molecule has 88 valence electrons. The maximum atomic E-state index is 10.1. The molecule has 1 aromatic carbocycles. The maximum Gasteiger partial charge on any atom is 0.0845 e. The van der Waals surface area contributed by atoms with Crippen molar-refractivity contribution in [1.82, 2.24) is 4.98 Å². The minimum atomic E-state index is -0.590. The second kappa shape index (κ2) is 5.30. The molecule has 2 nitrogen and oxygen atoms in total. The van der Waals surface area contributed by atoms with E-state index in [0.717, 1.165) is 16.7 Å². The molecule has 0 saturated carbocycles. The van der Waals surface area contributed by atoms with Crippen LogP contribution in [0.25, 0.3) is 0 Å². The zero-order chi connectivity index (χ0) is 12.3. The number of rotatable bonds is 3. The van der Waals surface area contributed by atoms with Crippen LogP contribution >= 0.6 is 11.6 Å². The Morgan fingerprint density at radius 2 is 2.18 bits per heavy atom. The number of hydrogen-bond donors (Lipinski definition) is 1. The van der Waals surface area contributed by atoms with Gasteiger partial charge in [0.1, 0.15) is 0 Å². The van der Waals surface area contributed by atoms with Crippen molar-refractivity contribution in [3.63, 3.8) is 0 Å². The molecule has 0 amide bonds. The summed E-state index contributed by atoms with van der Waals surface area (Å²) >= 11 is 6.11. The Hall–Kier alpha value is -1.38. The molecule has 1 unspecified atom stereocenters. The van der Waals surface area contributed by atoms with Gasteiger partial charge in [-0.3, -0.25) is 4.98 Å². The maximum absolute atomic E-state index is 10.1. The van der Waals surface area contributed by atoms with Crippen molar-refractivity contribution in [2.45, 2.75) is 19.4 Å². The van der Waals surface area contributed by atoms with E-state index in [1.165, 1.54) is 0 Å². The van der Waals surface area contributed by atoms with Gasteiger partial charge in [-0.05, 0) is 35.7 Å². The van der Waals surface area contributed by atoms with Gasteiger partial charge in [0.05, 0.1) is 6.10 Å². The molecule has 1 heterocycles. The van der Waals surface area contributed by atoms with E-state index in [2.05, 4.69) is 4.98 Å². The van der Waals surface area contributed by atoms with E-state index in [1.54, 1.807) is 12.4 Å². The average Bonchev–Trinajstić information content (AvgIpc) is 2.30. The van der Waals surface area contributed by atoms with E-state index >= 15 is 0 Å². The van der Waals surface area contributed by atoms with Crippen LogP contribution in [0.3, 0.4) is 0 Å². The Kier molecular flexibility index (Phi) is 3.77. The van der Waals surface area contributed by atoms with Crippen molar-refractivity contribution in [2.75, 3.05) is 0 Å². The second-order valence-electron chi connectivity index (χ2n) is 4.11. The number of aliphatic hydroxyl groups is 1. The number of benzene rings is 1. The Morgan fingerprint density at radius 3 is 2.82 bits per heavy atom. The predicted octanol–water partition coefficient (Wildman–Crippen LogP) is 3.32. The number of nitrogens with zero attached hydrogens (tertiary/aromatic N) is 1. The lowest BCUT2D eigenvalue weighted by atomic mass is 10.0. The van der Waals surface area contributed by atoms with E-state index < -0.39 is 6.10 Å². The van der Waals surface area contributed by atoms with Gasteiger partial charge < -0.3 is 5.11 Å². The summed E-state index contributed by atoms with van der Waals surface area (Å²) in [6.07, 6.45) is 3.41. The molecule has 0 fully saturated rings.